The highest BCUT2D eigenvalue weighted by molar-refractivity contribution is 8.01. The minimum Gasteiger partial charge on any atom is -0.458 e. The molecule has 410 valence electrons. The molecule has 0 saturated carbocycles. The van der Waals surface area contributed by atoms with Crippen LogP contribution in [0.3, 0.4) is 0 Å². The maximum absolute atomic E-state index is 15.4. The molecule has 8 amide bonds. The predicted molar refractivity (Wildman–Crippen MR) is 274 cm³/mol. The van der Waals surface area contributed by atoms with Gasteiger partial charge < -0.3 is 51.0 Å². The number of aliphatic hydroxyl groups is 1. The first kappa shape index (κ1) is 56.9. The van der Waals surface area contributed by atoms with Crippen molar-refractivity contribution in [2.24, 2.45) is 5.92 Å². The van der Waals surface area contributed by atoms with Crippen LogP contribution in [0.1, 0.15) is 126 Å². The smallest absolute Gasteiger partial charge is 0.343 e. The largest absolute Gasteiger partial charge is 0.458 e. The topological polar surface area (TPSA) is 303 Å². The summed E-state index contributed by atoms with van der Waals surface area (Å²) >= 11 is 1.47. The fourth-order valence-electron chi connectivity index (χ4n) is 10.0. The van der Waals surface area contributed by atoms with Crippen molar-refractivity contribution < 1.29 is 62.1 Å². The van der Waals surface area contributed by atoms with E-state index in [1.807, 2.05) is 13.8 Å². The number of nitrogens with one attached hydrogen (secondary N) is 6. The van der Waals surface area contributed by atoms with Crippen molar-refractivity contribution in [2.75, 3.05) is 33.0 Å². The molecule has 24 heteroatoms. The fourth-order valence-corrected chi connectivity index (χ4v) is 11.2. The molecule has 0 radical (unpaired) electrons. The van der Waals surface area contributed by atoms with E-state index in [-0.39, 0.29) is 78.3 Å². The van der Waals surface area contributed by atoms with Gasteiger partial charge >= 0.3 is 5.97 Å². The number of nitrogens with zero attached hydrogens (tertiary/aromatic N) is 3. The zero-order chi connectivity index (χ0) is 55.3. The van der Waals surface area contributed by atoms with Gasteiger partial charge in [-0.3, -0.25) is 48.1 Å². The van der Waals surface area contributed by atoms with Crippen molar-refractivity contribution in [2.45, 2.75) is 147 Å². The van der Waals surface area contributed by atoms with Crippen LogP contribution in [0.25, 0.3) is 22.3 Å². The van der Waals surface area contributed by atoms with Gasteiger partial charge in [-0.15, -0.1) is 11.8 Å². The summed E-state index contributed by atoms with van der Waals surface area (Å²) in [6, 6.07) is 0.0464. The summed E-state index contributed by atoms with van der Waals surface area (Å²) in [5, 5.41) is 27.3. The Morgan fingerprint density at radius 1 is 0.908 bits per heavy atom. The van der Waals surface area contributed by atoms with Crippen molar-refractivity contribution in [3.8, 4) is 11.4 Å². The Morgan fingerprint density at radius 3 is 2.34 bits per heavy atom. The third-order valence-electron chi connectivity index (χ3n) is 14.1. The lowest BCUT2D eigenvalue weighted by molar-refractivity contribution is -0.172. The van der Waals surface area contributed by atoms with Gasteiger partial charge in [-0.05, 0) is 79.9 Å². The third kappa shape index (κ3) is 12.2. The van der Waals surface area contributed by atoms with Gasteiger partial charge in [-0.1, -0.05) is 41.0 Å². The summed E-state index contributed by atoms with van der Waals surface area (Å²) in [5.41, 5.74) is 1.18. The molecule has 4 aliphatic rings. The molecule has 3 aliphatic heterocycles. The lowest BCUT2D eigenvalue weighted by Gasteiger charge is -2.31. The average Bonchev–Trinajstić information content (AvgIpc) is 4.02. The molecule has 22 nitrogen and oxygen atoms in total. The van der Waals surface area contributed by atoms with Crippen LogP contribution in [0.5, 0.6) is 0 Å². The van der Waals surface area contributed by atoms with E-state index < -0.39 is 96.4 Å². The average molecular weight is 1080 g/mol. The maximum atomic E-state index is 15.4. The number of amides is 8. The minimum atomic E-state index is -2.05. The summed E-state index contributed by atoms with van der Waals surface area (Å²) in [4.78, 5) is 135. The Bertz CT molecular complexity index is 2930. The van der Waals surface area contributed by atoms with Gasteiger partial charge in [0.2, 0.25) is 47.3 Å². The number of carbonyl (C=O) groups excluding carboxylic acids is 9. The van der Waals surface area contributed by atoms with Gasteiger partial charge in [0, 0.05) is 42.0 Å². The third-order valence-corrected chi connectivity index (χ3v) is 15.4. The standard InChI is InChI=1S/C52H66FN9O13S/c1-8-52(73)32-16-36-46-30(21-62(36)49(70)31(32)22-75-51(52)72)44-34(14-13-29-27(6)33(53)17-35(59-46)43(29)44)58-41(66)23-74-24-56-47(68)28(7)57-48(69)45(25(2)3)60-40(65)20-55-39(64)19-54-38(63)12-10-9-11-15-61-42(67)18-37(50(61)71)76-26(4)5/h16-17,25-26,28,34,37,45,73H,8-15,18-24H2,1-7H3,(H,54,63)(H,55,64)(H,56,68)(H,57,69)(H,58,66)(H,60,65)/t28-,34-,37?,45-,52-/m0/s1. The number of fused-ring (bicyclic) bond motifs is 5. The van der Waals surface area contributed by atoms with E-state index in [9.17, 15) is 53.1 Å². The summed E-state index contributed by atoms with van der Waals surface area (Å²) in [6.45, 7) is 10.2. The molecular formula is C52H66FN9O13S. The fraction of sp³-hybridized carbons (Fsp3) is 0.558. The number of hydrogen-bond donors (Lipinski definition) is 7. The van der Waals surface area contributed by atoms with Gasteiger partial charge in [0.1, 0.15) is 37.8 Å². The summed E-state index contributed by atoms with van der Waals surface area (Å²) in [6.07, 6.45) is 2.66. The van der Waals surface area contributed by atoms with Gasteiger partial charge in [-0.2, -0.15) is 0 Å². The van der Waals surface area contributed by atoms with E-state index in [4.69, 9.17) is 14.5 Å². The number of unbranched alkanes of at least 4 members (excludes halogenated alkanes) is 2. The second-order valence-electron chi connectivity index (χ2n) is 20.1. The van der Waals surface area contributed by atoms with Gasteiger partial charge in [-0.25, -0.2) is 14.2 Å². The minimum absolute atomic E-state index is 0.0481. The molecule has 2 aromatic heterocycles. The lowest BCUT2D eigenvalue weighted by Crippen LogP contribution is -2.56. The van der Waals surface area contributed by atoms with Crippen molar-refractivity contribution in [3.63, 3.8) is 0 Å². The SMILES string of the molecule is CC[C@@]1(O)C(=O)OCc2c1cc1n(c2=O)Cc2c-1nc1cc(F)c(C)c3c1c2[C@@H](NC(=O)COCNC(=O)[C@H](C)NC(=O)[C@@H](NC(=O)CNC(=O)CNC(=O)CCCCCN1C(=O)CC(SC(C)C)C1=O)C(C)C)CC3. The van der Waals surface area contributed by atoms with Crippen molar-refractivity contribution >= 4 is 75.9 Å². The van der Waals surface area contributed by atoms with Crippen molar-refractivity contribution in [1.82, 2.24) is 46.4 Å². The number of aromatic nitrogens is 2. The monoisotopic (exact) mass is 1080 g/mol. The second-order valence-corrected chi connectivity index (χ2v) is 21.9. The van der Waals surface area contributed by atoms with E-state index in [1.165, 1.54) is 34.2 Å². The molecule has 7 N–H and O–H groups in total. The molecule has 3 aromatic rings. The molecule has 1 aliphatic carbocycles. The van der Waals surface area contributed by atoms with E-state index in [0.717, 1.165) is 5.56 Å². The maximum Gasteiger partial charge on any atom is 0.343 e. The van der Waals surface area contributed by atoms with Crippen LogP contribution in [0.4, 0.5) is 4.39 Å². The van der Waals surface area contributed by atoms with E-state index in [2.05, 4.69) is 31.9 Å². The molecule has 5 heterocycles. The molecule has 1 unspecified atom stereocenters. The zero-order valence-corrected chi connectivity index (χ0v) is 44.5. The molecule has 0 bridgehead atoms. The number of rotatable bonds is 23. The lowest BCUT2D eigenvalue weighted by atomic mass is 9.81. The Kier molecular flexibility index (Phi) is 18.0. The number of carbonyl (C=O) groups is 9. The van der Waals surface area contributed by atoms with Gasteiger partial charge in [0.15, 0.2) is 5.60 Å². The van der Waals surface area contributed by atoms with Crippen LogP contribution >= 0.6 is 11.8 Å². The van der Waals surface area contributed by atoms with E-state index in [0.29, 0.717) is 77.6 Å². The molecule has 1 fully saturated rings. The highest BCUT2D eigenvalue weighted by Crippen LogP contribution is 2.46. The number of halogens is 1. The predicted octanol–water partition coefficient (Wildman–Crippen LogP) is 1.43. The Labute approximate surface area is 442 Å². The first-order chi connectivity index (χ1) is 36.0. The molecular weight excluding hydrogens is 1010 g/mol. The van der Waals surface area contributed by atoms with Crippen LogP contribution < -0.4 is 37.5 Å². The summed E-state index contributed by atoms with van der Waals surface area (Å²) in [5.74, 6) is -5.73. The summed E-state index contributed by atoms with van der Waals surface area (Å²) in [7, 11) is 0. The number of pyridine rings is 2. The Morgan fingerprint density at radius 2 is 1.63 bits per heavy atom. The van der Waals surface area contributed by atoms with Crippen LogP contribution in [0.2, 0.25) is 0 Å². The number of aryl methyl sites for hydroxylation is 1. The normalized spacial score (nSPS) is 19.1. The molecule has 7 rings (SSSR count). The molecule has 1 saturated heterocycles. The Hall–Kier alpha value is -6.79. The number of likely N-dealkylation sites (tertiary alicyclic amines) is 1. The first-order valence-electron chi connectivity index (χ1n) is 25.6. The quantitative estimate of drug-likeness (QED) is 0.0239. The summed E-state index contributed by atoms with van der Waals surface area (Å²) < 4.78 is 27.5. The van der Waals surface area contributed by atoms with E-state index >= 15 is 4.39 Å². The number of imide groups is 1. The molecule has 5 atom stereocenters. The number of hydrogen-bond acceptors (Lipinski definition) is 15. The molecule has 0 spiro atoms. The van der Waals surface area contributed by atoms with Crippen LogP contribution in [-0.4, -0.2) is 128 Å². The number of cyclic esters (lactones) is 1. The van der Waals surface area contributed by atoms with Crippen molar-refractivity contribution in [1.29, 1.82) is 0 Å². The number of thioether (sulfide) groups is 1. The van der Waals surface area contributed by atoms with E-state index in [1.54, 1.807) is 33.8 Å². The van der Waals surface area contributed by atoms with Crippen LogP contribution in [0.15, 0.2) is 16.9 Å². The molecule has 76 heavy (non-hydrogen) atoms. The number of ether oxygens (including phenoxy) is 2. The second kappa shape index (κ2) is 24.0. The van der Waals surface area contributed by atoms with Crippen LogP contribution in [0, 0.1) is 18.7 Å². The number of esters is 1. The molecule has 1 aromatic carbocycles. The zero-order valence-electron chi connectivity index (χ0n) is 43.7. The highest BCUT2D eigenvalue weighted by Gasteiger charge is 2.46. The van der Waals surface area contributed by atoms with Crippen molar-refractivity contribution in [3.05, 3.63) is 61.7 Å². The van der Waals surface area contributed by atoms with Crippen LogP contribution in [-0.2, 0) is 77.8 Å². The highest BCUT2D eigenvalue weighted by atomic mass is 32.2. The Balaban J connectivity index is 0.841. The first-order valence-corrected chi connectivity index (χ1v) is 26.6. The van der Waals surface area contributed by atoms with Gasteiger partial charge in [0.05, 0.1) is 53.4 Å². The van der Waals surface area contributed by atoms with Gasteiger partial charge in [0.25, 0.3) is 5.56 Å². The number of benzene rings is 1.